The highest BCUT2D eigenvalue weighted by Crippen LogP contribution is 2.50. The monoisotopic (exact) mass is 458 g/mol. The lowest BCUT2D eigenvalue weighted by Crippen LogP contribution is -2.78. The molecule has 2 bridgehead atoms. The maximum atomic E-state index is 14.7. The summed E-state index contributed by atoms with van der Waals surface area (Å²) in [6.07, 6.45) is 3.61. The van der Waals surface area contributed by atoms with Gasteiger partial charge in [-0.15, -0.1) is 0 Å². The Hall–Kier alpha value is -3.63. The number of benzene rings is 1. The van der Waals surface area contributed by atoms with Crippen LogP contribution in [0.25, 0.3) is 11.4 Å². The number of aromatic nitrogens is 2. The molecule has 1 saturated heterocycles. The van der Waals surface area contributed by atoms with Crippen molar-refractivity contribution in [3.05, 3.63) is 41.7 Å². The first kappa shape index (κ1) is 22.6. The Morgan fingerprint density at radius 1 is 1.12 bits per heavy atom. The number of nitrogens with zero attached hydrogens (tertiary/aromatic N) is 3. The molecule has 1 saturated carbocycles. The number of nitrogens with one attached hydrogen (secondary N) is 3. The van der Waals surface area contributed by atoms with E-state index in [4.69, 9.17) is 0 Å². The van der Waals surface area contributed by atoms with E-state index in [1.807, 2.05) is 6.92 Å². The summed E-state index contributed by atoms with van der Waals surface area (Å²) < 4.78 is 27.9. The van der Waals surface area contributed by atoms with Crippen LogP contribution < -0.4 is 16.2 Å². The van der Waals surface area contributed by atoms with Crippen molar-refractivity contribution in [3.63, 3.8) is 0 Å². The lowest BCUT2D eigenvalue weighted by Gasteiger charge is -2.61. The second-order valence-corrected chi connectivity index (χ2v) is 8.74. The zero-order valence-electron chi connectivity index (χ0n) is 18.4. The summed E-state index contributed by atoms with van der Waals surface area (Å²) in [6.45, 7) is 4.91. The number of rotatable bonds is 3. The minimum absolute atomic E-state index is 0.107. The summed E-state index contributed by atoms with van der Waals surface area (Å²) in [7, 11) is 0. The molecular weight excluding hydrogens is 434 g/mol. The number of hydrogen-bond donors (Lipinski definition) is 3. The molecule has 2 fully saturated rings. The van der Waals surface area contributed by atoms with Crippen molar-refractivity contribution in [3.8, 4) is 11.4 Å². The molecule has 3 atom stereocenters. The highest BCUT2D eigenvalue weighted by atomic mass is 19.1. The summed E-state index contributed by atoms with van der Waals surface area (Å²) in [5.41, 5.74) is 4.35. The summed E-state index contributed by atoms with van der Waals surface area (Å²) in [5.74, 6) is -1.80. The molecule has 0 radical (unpaired) electrons. The molecule has 1 aromatic heterocycles. The van der Waals surface area contributed by atoms with Crippen LogP contribution in [0.5, 0.6) is 0 Å². The first-order valence-corrected chi connectivity index (χ1v) is 10.6. The molecule has 4 amide bonds. The van der Waals surface area contributed by atoms with Crippen LogP contribution >= 0.6 is 0 Å². The van der Waals surface area contributed by atoms with Crippen LogP contribution in [0, 0.1) is 24.5 Å². The van der Waals surface area contributed by atoms with Gasteiger partial charge in [0.25, 0.3) is 5.91 Å². The average Bonchev–Trinajstić information content (AvgIpc) is 2.74. The van der Waals surface area contributed by atoms with Crippen LogP contribution in [0.2, 0.25) is 0 Å². The van der Waals surface area contributed by atoms with Crippen molar-refractivity contribution in [2.45, 2.75) is 51.6 Å². The quantitative estimate of drug-likeness (QED) is 0.612. The summed E-state index contributed by atoms with van der Waals surface area (Å²) in [5, 5.41) is 2.56. The topological polar surface area (TPSA) is 116 Å². The molecule has 0 spiro atoms. The van der Waals surface area contributed by atoms with Crippen LogP contribution in [0.3, 0.4) is 0 Å². The first-order chi connectivity index (χ1) is 15.6. The summed E-state index contributed by atoms with van der Waals surface area (Å²) in [4.78, 5) is 46.6. The average molecular weight is 458 g/mol. The molecular formula is C22H24F2N6O3. The molecule has 33 heavy (non-hydrogen) atoms. The van der Waals surface area contributed by atoms with E-state index in [1.165, 1.54) is 24.0 Å². The number of carbonyl (C=O) groups is 3. The molecule has 3 N–H and O–H groups in total. The van der Waals surface area contributed by atoms with E-state index >= 15 is 0 Å². The van der Waals surface area contributed by atoms with E-state index in [9.17, 15) is 23.2 Å². The molecule has 174 valence electrons. The Labute approximate surface area is 188 Å². The third-order valence-electron chi connectivity index (χ3n) is 6.17. The predicted octanol–water partition coefficient (Wildman–Crippen LogP) is 2.67. The number of aryl methyl sites for hydroxylation is 1. The van der Waals surface area contributed by atoms with E-state index in [-0.39, 0.29) is 23.5 Å². The molecule has 1 aromatic carbocycles. The van der Waals surface area contributed by atoms with Crippen LogP contribution in [-0.4, -0.2) is 44.3 Å². The highest BCUT2D eigenvalue weighted by Gasteiger charge is 2.62. The van der Waals surface area contributed by atoms with Gasteiger partial charge in [0.2, 0.25) is 5.91 Å². The van der Waals surface area contributed by atoms with Gasteiger partial charge >= 0.3 is 6.03 Å². The Morgan fingerprint density at radius 2 is 1.82 bits per heavy atom. The van der Waals surface area contributed by atoms with Gasteiger partial charge in [-0.05, 0) is 43.4 Å². The van der Waals surface area contributed by atoms with Crippen molar-refractivity contribution in [1.82, 2.24) is 25.7 Å². The minimum Gasteiger partial charge on any atom is -0.307 e. The smallest absolute Gasteiger partial charge is 0.307 e. The summed E-state index contributed by atoms with van der Waals surface area (Å²) in [6, 6.07) is 1.82. The van der Waals surface area contributed by atoms with Gasteiger partial charge in [-0.25, -0.2) is 23.5 Å². The van der Waals surface area contributed by atoms with Gasteiger partial charge < -0.3 is 10.2 Å². The van der Waals surface area contributed by atoms with Crippen LogP contribution in [0.4, 0.5) is 19.3 Å². The standard InChI is InChI=1S/C22H24F2N6O3/c1-11-4-15-8-22(7-11,20(32)29-28-13(3)31)30(15)21(33)27-18-6-16(12(2)5-17(18)24)19-25-9-14(23)10-26-19/h5-6,9-11,15H,4,7-8H2,1-3H3,(H,27,33)(H,28,31)(H,29,32). The molecule has 1 aliphatic heterocycles. The fraction of sp³-hybridized carbons (Fsp3) is 0.409. The Bertz CT molecular complexity index is 1130. The highest BCUT2D eigenvalue weighted by molar-refractivity contribution is 5.99. The number of urea groups is 1. The van der Waals surface area contributed by atoms with Crippen molar-refractivity contribution in [2.24, 2.45) is 5.92 Å². The third kappa shape index (κ3) is 4.10. The Balaban J connectivity index is 1.59. The molecule has 1 aliphatic carbocycles. The minimum atomic E-state index is -1.13. The molecule has 3 unspecified atom stereocenters. The molecule has 11 heteroatoms. The number of fused-ring (bicyclic) bond motifs is 2. The number of likely N-dealkylation sites (tertiary alicyclic amines) is 1. The fourth-order valence-electron chi connectivity index (χ4n) is 4.86. The lowest BCUT2D eigenvalue weighted by atomic mass is 9.64. The first-order valence-electron chi connectivity index (χ1n) is 10.6. The van der Waals surface area contributed by atoms with Crippen LogP contribution in [0.15, 0.2) is 24.5 Å². The predicted molar refractivity (Wildman–Crippen MR) is 114 cm³/mol. The van der Waals surface area contributed by atoms with Crippen LogP contribution in [-0.2, 0) is 9.59 Å². The van der Waals surface area contributed by atoms with Crippen molar-refractivity contribution in [1.29, 1.82) is 0 Å². The van der Waals surface area contributed by atoms with E-state index in [0.29, 0.717) is 30.4 Å². The number of carbonyl (C=O) groups excluding carboxylic acids is 3. The van der Waals surface area contributed by atoms with Gasteiger partial charge in [0.15, 0.2) is 11.6 Å². The molecule has 4 rings (SSSR count). The zero-order valence-corrected chi connectivity index (χ0v) is 18.4. The number of amides is 4. The fourth-order valence-corrected chi connectivity index (χ4v) is 4.86. The lowest BCUT2D eigenvalue weighted by molar-refractivity contribution is -0.157. The number of piperidine rings is 1. The number of anilines is 1. The third-order valence-corrected chi connectivity index (χ3v) is 6.17. The largest absolute Gasteiger partial charge is 0.323 e. The maximum absolute atomic E-state index is 14.7. The SMILES string of the molecule is CC(=O)NNC(=O)C12CC(C)CC(C1)N2C(=O)Nc1cc(-c2ncc(F)cn2)c(C)cc1F. The molecule has 9 nitrogen and oxygen atoms in total. The normalized spacial score (nSPS) is 23.4. The van der Waals surface area contributed by atoms with E-state index in [2.05, 4.69) is 26.1 Å². The molecule has 2 aromatic rings. The Kier molecular flexibility index (Phi) is 5.73. The van der Waals surface area contributed by atoms with Crippen molar-refractivity contribution < 1.29 is 23.2 Å². The Morgan fingerprint density at radius 3 is 2.48 bits per heavy atom. The number of hydrazine groups is 1. The van der Waals surface area contributed by atoms with Crippen molar-refractivity contribution in [2.75, 3.05) is 5.32 Å². The second kappa shape index (κ2) is 8.38. The van der Waals surface area contributed by atoms with Crippen molar-refractivity contribution >= 4 is 23.5 Å². The van der Waals surface area contributed by atoms with Gasteiger partial charge in [-0.1, -0.05) is 6.92 Å². The van der Waals surface area contributed by atoms with Gasteiger partial charge in [-0.3, -0.25) is 20.4 Å². The number of hydrogen-bond acceptors (Lipinski definition) is 5. The van der Waals surface area contributed by atoms with E-state index in [0.717, 1.165) is 12.4 Å². The van der Waals surface area contributed by atoms with Gasteiger partial charge in [-0.2, -0.15) is 0 Å². The van der Waals surface area contributed by atoms with Gasteiger partial charge in [0.1, 0.15) is 11.4 Å². The summed E-state index contributed by atoms with van der Waals surface area (Å²) >= 11 is 0. The zero-order chi connectivity index (χ0) is 23.9. The second-order valence-electron chi connectivity index (χ2n) is 8.74. The molecule has 2 aliphatic rings. The number of halogens is 2. The van der Waals surface area contributed by atoms with Crippen LogP contribution in [0.1, 0.15) is 38.7 Å². The van der Waals surface area contributed by atoms with E-state index < -0.39 is 35.0 Å². The molecule has 2 heterocycles. The van der Waals surface area contributed by atoms with Gasteiger partial charge in [0.05, 0.1) is 18.1 Å². The van der Waals surface area contributed by atoms with E-state index in [1.54, 1.807) is 6.92 Å². The maximum Gasteiger partial charge on any atom is 0.323 e. The van der Waals surface area contributed by atoms with Gasteiger partial charge in [0, 0.05) is 24.9 Å².